The summed E-state index contributed by atoms with van der Waals surface area (Å²) >= 11 is 0. The third-order valence-corrected chi connectivity index (χ3v) is 1.59. The number of aryl methyl sites for hydroxylation is 1. The Morgan fingerprint density at radius 1 is 1.67 bits per heavy atom. The summed E-state index contributed by atoms with van der Waals surface area (Å²) in [7, 11) is 1.97. The van der Waals surface area contributed by atoms with Crippen LogP contribution in [0.2, 0.25) is 0 Å². The summed E-state index contributed by atoms with van der Waals surface area (Å²) in [5, 5.41) is 3.20. The van der Waals surface area contributed by atoms with Crippen molar-refractivity contribution in [3.8, 4) is 0 Å². The van der Waals surface area contributed by atoms with Crippen LogP contribution in [-0.2, 0) is 7.05 Å². The van der Waals surface area contributed by atoms with Gasteiger partial charge in [-0.15, -0.1) is 0 Å². The van der Waals surface area contributed by atoms with Gasteiger partial charge in [-0.1, -0.05) is 11.6 Å². The highest BCUT2D eigenvalue weighted by Crippen LogP contribution is 2.00. The summed E-state index contributed by atoms with van der Waals surface area (Å²) < 4.78 is 1.96. The van der Waals surface area contributed by atoms with Gasteiger partial charge in [0, 0.05) is 26.0 Å². The van der Waals surface area contributed by atoms with Crippen molar-refractivity contribution in [2.45, 2.75) is 13.8 Å². The predicted molar refractivity (Wildman–Crippen MR) is 51.1 cm³/mol. The lowest BCUT2D eigenvalue weighted by atomic mass is 10.3. The molecule has 0 unspecified atom stereocenters. The highest BCUT2D eigenvalue weighted by atomic mass is 15.2. The van der Waals surface area contributed by atoms with Crippen LogP contribution in [0.15, 0.2) is 24.0 Å². The number of allylic oxidation sites excluding steroid dienone is 1. The van der Waals surface area contributed by atoms with E-state index in [0.29, 0.717) is 0 Å². The first kappa shape index (κ1) is 8.84. The van der Waals surface area contributed by atoms with Crippen LogP contribution in [-0.4, -0.2) is 16.1 Å². The van der Waals surface area contributed by atoms with E-state index in [-0.39, 0.29) is 0 Å². The molecule has 1 aromatic rings. The predicted octanol–water partition coefficient (Wildman–Crippen LogP) is 1.80. The molecular weight excluding hydrogens is 150 g/mol. The van der Waals surface area contributed by atoms with Crippen LogP contribution in [0.1, 0.15) is 13.8 Å². The van der Waals surface area contributed by atoms with Gasteiger partial charge in [-0.2, -0.15) is 0 Å². The molecule has 0 aromatic carbocycles. The molecule has 1 N–H and O–H groups in total. The quantitative estimate of drug-likeness (QED) is 0.692. The topological polar surface area (TPSA) is 29.9 Å². The first-order valence-electron chi connectivity index (χ1n) is 4.04. The largest absolute Gasteiger partial charge is 0.352 e. The molecule has 1 aromatic heterocycles. The second-order valence-corrected chi connectivity index (χ2v) is 3.02. The van der Waals surface area contributed by atoms with Crippen LogP contribution in [0.3, 0.4) is 0 Å². The summed E-state index contributed by atoms with van der Waals surface area (Å²) in [5.74, 6) is 0.910. The second-order valence-electron chi connectivity index (χ2n) is 3.02. The number of imidazole rings is 1. The summed E-state index contributed by atoms with van der Waals surface area (Å²) in [6.07, 6.45) is 5.84. The average Bonchev–Trinajstić information content (AvgIpc) is 2.36. The molecule has 1 rings (SSSR count). The Kier molecular flexibility index (Phi) is 2.91. The van der Waals surface area contributed by atoms with E-state index in [4.69, 9.17) is 0 Å². The lowest BCUT2D eigenvalue weighted by Gasteiger charge is -2.02. The van der Waals surface area contributed by atoms with Crippen molar-refractivity contribution in [2.24, 2.45) is 7.05 Å². The van der Waals surface area contributed by atoms with Crippen LogP contribution in [0.25, 0.3) is 0 Å². The molecule has 0 atom stereocenters. The molecule has 0 fully saturated rings. The van der Waals surface area contributed by atoms with Crippen LogP contribution in [0.5, 0.6) is 0 Å². The molecule has 0 spiro atoms. The van der Waals surface area contributed by atoms with E-state index in [2.05, 4.69) is 30.2 Å². The molecule has 66 valence electrons. The van der Waals surface area contributed by atoms with Gasteiger partial charge in [-0.3, -0.25) is 0 Å². The Morgan fingerprint density at radius 3 is 2.92 bits per heavy atom. The summed E-state index contributed by atoms with van der Waals surface area (Å²) in [5.41, 5.74) is 1.32. The Balaban J connectivity index is 2.44. The second kappa shape index (κ2) is 3.95. The van der Waals surface area contributed by atoms with E-state index in [0.717, 1.165) is 12.5 Å². The Hall–Kier alpha value is -1.25. The van der Waals surface area contributed by atoms with Gasteiger partial charge in [0.15, 0.2) is 0 Å². The smallest absolute Gasteiger partial charge is 0.202 e. The molecule has 0 aliphatic carbocycles. The molecule has 0 aliphatic heterocycles. The molecule has 3 nitrogen and oxygen atoms in total. The first-order chi connectivity index (χ1) is 5.70. The van der Waals surface area contributed by atoms with E-state index in [1.807, 2.05) is 17.8 Å². The van der Waals surface area contributed by atoms with Crippen molar-refractivity contribution >= 4 is 5.95 Å². The third kappa shape index (κ3) is 2.42. The monoisotopic (exact) mass is 165 g/mol. The lowest BCUT2D eigenvalue weighted by Crippen LogP contribution is -2.04. The molecule has 12 heavy (non-hydrogen) atoms. The Bertz CT molecular complexity index is 269. The van der Waals surface area contributed by atoms with Gasteiger partial charge in [0.25, 0.3) is 0 Å². The zero-order chi connectivity index (χ0) is 8.97. The van der Waals surface area contributed by atoms with E-state index in [9.17, 15) is 0 Å². The number of nitrogens with one attached hydrogen (secondary N) is 1. The lowest BCUT2D eigenvalue weighted by molar-refractivity contribution is 0.912. The number of aromatic nitrogens is 2. The Morgan fingerprint density at radius 2 is 2.42 bits per heavy atom. The minimum atomic E-state index is 0.840. The fourth-order valence-electron chi connectivity index (χ4n) is 0.882. The minimum Gasteiger partial charge on any atom is -0.352 e. The molecule has 0 aliphatic rings. The van der Waals surface area contributed by atoms with Crippen molar-refractivity contribution in [3.05, 3.63) is 24.0 Å². The van der Waals surface area contributed by atoms with E-state index in [1.165, 1.54) is 5.57 Å². The van der Waals surface area contributed by atoms with Gasteiger partial charge in [0.2, 0.25) is 5.95 Å². The van der Waals surface area contributed by atoms with Crippen molar-refractivity contribution in [2.75, 3.05) is 11.9 Å². The molecule has 0 saturated carbocycles. The normalized spacial score (nSPS) is 9.58. The number of rotatable bonds is 3. The van der Waals surface area contributed by atoms with Crippen LogP contribution < -0.4 is 5.32 Å². The maximum absolute atomic E-state index is 4.14. The van der Waals surface area contributed by atoms with Crippen molar-refractivity contribution in [1.82, 2.24) is 9.55 Å². The van der Waals surface area contributed by atoms with Gasteiger partial charge < -0.3 is 9.88 Å². The average molecular weight is 165 g/mol. The van der Waals surface area contributed by atoms with E-state index < -0.39 is 0 Å². The summed E-state index contributed by atoms with van der Waals surface area (Å²) in [6, 6.07) is 0. The molecule has 0 amide bonds. The highest BCUT2D eigenvalue weighted by molar-refractivity contribution is 5.26. The van der Waals surface area contributed by atoms with Crippen LogP contribution in [0.4, 0.5) is 5.95 Å². The number of hydrogen-bond donors (Lipinski definition) is 1. The molecule has 0 saturated heterocycles. The SMILES string of the molecule is CC(C)=CCNc1nccn1C. The van der Waals surface area contributed by atoms with Crippen molar-refractivity contribution in [1.29, 1.82) is 0 Å². The third-order valence-electron chi connectivity index (χ3n) is 1.59. The minimum absolute atomic E-state index is 0.840. The van der Waals surface area contributed by atoms with Gasteiger partial charge >= 0.3 is 0 Å². The van der Waals surface area contributed by atoms with Gasteiger partial charge in [-0.25, -0.2) is 4.98 Å². The summed E-state index contributed by atoms with van der Waals surface area (Å²) in [6.45, 7) is 5.01. The van der Waals surface area contributed by atoms with Gasteiger partial charge in [0.1, 0.15) is 0 Å². The number of anilines is 1. The standard InChI is InChI=1S/C9H15N3/c1-8(2)4-5-10-9-11-6-7-12(9)3/h4,6-7H,5H2,1-3H3,(H,10,11). The molecule has 0 radical (unpaired) electrons. The highest BCUT2D eigenvalue weighted by Gasteiger charge is 1.93. The zero-order valence-electron chi connectivity index (χ0n) is 7.83. The zero-order valence-corrected chi connectivity index (χ0v) is 7.83. The Labute approximate surface area is 73.1 Å². The van der Waals surface area contributed by atoms with Gasteiger partial charge in [-0.05, 0) is 13.8 Å². The van der Waals surface area contributed by atoms with Gasteiger partial charge in [0.05, 0.1) is 0 Å². The fourth-order valence-corrected chi connectivity index (χ4v) is 0.882. The molecule has 3 heteroatoms. The van der Waals surface area contributed by atoms with Crippen LogP contribution in [0, 0.1) is 0 Å². The van der Waals surface area contributed by atoms with E-state index >= 15 is 0 Å². The fraction of sp³-hybridized carbons (Fsp3) is 0.444. The van der Waals surface area contributed by atoms with Crippen molar-refractivity contribution in [3.63, 3.8) is 0 Å². The maximum Gasteiger partial charge on any atom is 0.202 e. The number of nitrogens with zero attached hydrogens (tertiary/aromatic N) is 2. The van der Waals surface area contributed by atoms with Crippen LogP contribution >= 0.6 is 0 Å². The molecular formula is C9H15N3. The first-order valence-corrected chi connectivity index (χ1v) is 4.04. The summed E-state index contributed by atoms with van der Waals surface area (Å²) in [4.78, 5) is 4.14. The molecule has 1 heterocycles. The van der Waals surface area contributed by atoms with Crippen molar-refractivity contribution < 1.29 is 0 Å². The van der Waals surface area contributed by atoms with E-state index in [1.54, 1.807) is 6.20 Å². The number of hydrogen-bond acceptors (Lipinski definition) is 2. The molecule has 0 bridgehead atoms. The maximum atomic E-state index is 4.14.